The van der Waals surface area contributed by atoms with Crippen molar-refractivity contribution in [3.8, 4) is 10.6 Å². The van der Waals surface area contributed by atoms with Crippen molar-refractivity contribution in [2.24, 2.45) is 0 Å². The Bertz CT molecular complexity index is 786. The molecule has 3 N–H and O–H groups in total. The van der Waals surface area contributed by atoms with Crippen molar-refractivity contribution < 1.29 is 22.4 Å². The summed E-state index contributed by atoms with van der Waals surface area (Å²) in [6.07, 6.45) is -0.795. The molecule has 0 saturated heterocycles. The SMILES string of the molecule is N=C/C(=C\NCC(F)F)NC(=O)c1csc(-c2c(F)cccc2F)n1. The van der Waals surface area contributed by atoms with Gasteiger partial charge in [0.2, 0.25) is 0 Å². The van der Waals surface area contributed by atoms with Gasteiger partial charge in [-0.1, -0.05) is 6.07 Å². The molecule has 0 aliphatic heterocycles. The Hall–Kier alpha value is -2.75. The lowest BCUT2D eigenvalue weighted by molar-refractivity contribution is 0.0963. The molecule has 1 aromatic heterocycles. The van der Waals surface area contributed by atoms with Crippen LogP contribution in [-0.2, 0) is 0 Å². The number of nitrogens with zero attached hydrogens (tertiary/aromatic N) is 1. The Morgan fingerprint density at radius 1 is 1.32 bits per heavy atom. The van der Waals surface area contributed by atoms with Crippen LogP contribution in [-0.4, -0.2) is 30.1 Å². The molecule has 25 heavy (non-hydrogen) atoms. The lowest BCUT2D eigenvalue weighted by Crippen LogP contribution is -2.26. The van der Waals surface area contributed by atoms with Gasteiger partial charge in [0.1, 0.15) is 22.3 Å². The number of carbonyl (C=O) groups excluding carboxylic acids is 1. The Labute approximate surface area is 143 Å². The molecule has 0 fully saturated rings. The van der Waals surface area contributed by atoms with Crippen LogP contribution in [0.5, 0.6) is 0 Å². The van der Waals surface area contributed by atoms with Gasteiger partial charge in [-0.3, -0.25) is 4.79 Å². The summed E-state index contributed by atoms with van der Waals surface area (Å²) >= 11 is 0.872. The van der Waals surface area contributed by atoms with Crippen LogP contribution in [0, 0.1) is 17.0 Å². The second kappa shape index (κ2) is 8.38. The quantitative estimate of drug-likeness (QED) is 0.516. The summed E-state index contributed by atoms with van der Waals surface area (Å²) in [4.78, 5) is 15.9. The maximum Gasteiger partial charge on any atom is 0.275 e. The molecule has 10 heteroatoms. The minimum absolute atomic E-state index is 0.0167. The van der Waals surface area contributed by atoms with Gasteiger partial charge in [-0.05, 0) is 12.1 Å². The van der Waals surface area contributed by atoms with Gasteiger partial charge < -0.3 is 16.0 Å². The van der Waals surface area contributed by atoms with E-state index in [1.54, 1.807) is 0 Å². The van der Waals surface area contributed by atoms with Gasteiger partial charge in [0.25, 0.3) is 12.3 Å². The summed E-state index contributed by atoms with van der Waals surface area (Å²) in [5.41, 5.74) is -0.533. The third-order valence-corrected chi connectivity index (χ3v) is 3.72. The Morgan fingerprint density at radius 3 is 2.60 bits per heavy atom. The standard InChI is InChI=1S/C15H12F4N4OS/c16-9-2-1-3-10(17)13(9)15-23-11(7-25-15)14(24)22-8(4-20)5-21-6-12(18)19/h1-5,7,12,20-21H,6H2,(H,22,24)/b8-5+,20-4?. The Kier molecular flexibility index (Phi) is 6.23. The first kappa shape index (κ1) is 18.6. The highest BCUT2D eigenvalue weighted by Gasteiger charge is 2.17. The molecule has 1 heterocycles. The second-order valence-corrected chi connectivity index (χ2v) is 5.49. The van der Waals surface area contributed by atoms with Crippen LogP contribution in [0.15, 0.2) is 35.5 Å². The minimum Gasteiger partial charge on any atom is -0.383 e. The second-order valence-electron chi connectivity index (χ2n) is 4.63. The molecule has 0 radical (unpaired) electrons. The number of hydrogen-bond donors (Lipinski definition) is 3. The van der Waals surface area contributed by atoms with Crippen LogP contribution in [0.3, 0.4) is 0 Å². The van der Waals surface area contributed by atoms with E-state index >= 15 is 0 Å². The van der Waals surface area contributed by atoms with Gasteiger partial charge in [-0.15, -0.1) is 11.3 Å². The molecule has 0 atom stereocenters. The predicted octanol–water partition coefficient (Wildman–Crippen LogP) is 3.16. The topological polar surface area (TPSA) is 77.9 Å². The number of halogens is 4. The first-order valence-corrected chi connectivity index (χ1v) is 7.73. The first-order chi connectivity index (χ1) is 11.9. The maximum atomic E-state index is 13.7. The monoisotopic (exact) mass is 372 g/mol. The van der Waals surface area contributed by atoms with Crippen LogP contribution in [0.2, 0.25) is 0 Å². The largest absolute Gasteiger partial charge is 0.383 e. The fourth-order valence-corrected chi connectivity index (χ4v) is 2.61. The van der Waals surface area contributed by atoms with E-state index in [0.29, 0.717) is 0 Å². The highest BCUT2D eigenvalue weighted by molar-refractivity contribution is 7.13. The van der Waals surface area contributed by atoms with Crippen molar-refractivity contribution in [2.75, 3.05) is 6.54 Å². The fourth-order valence-electron chi connectivity index (χ4n) is 1.76. The zero-order chi connectivity index (χ0) is 18.4. The maximum absolute atomic E-state index is 13.7. The van der Waals surface area contributed by atoms with Crippen LogP contribution >= 0.6 is 11.3 Å². The number of amides is 1. The number of carbonyl (C=O) groups is 1. The molecular formula is C15H12F4N4OS. The molecule has 5 nitrogen and oxygen atoms in total. The lowest BCUT2D eigenvalue weighted by Gasteiger charge is -2.05. The summed E-state index contributed by atoms with van der Waals surface area (Å²) in [5.74, 6) is -2.36. The van der Waals surface area contributed by atoms with Gasteiger partial charge in [-0.2, -0.15) is 0 Å². The average molecular weight is 372 g/mol. The van der Waals surface area contributed by atoms with E-state index in [1.165, 1.54) is 11.4 Å². The number of benzene rings is 1. The molecule has 0 bridgehead atoms. The van der Waals surface area contributed by atoms with E-state index in [-0.39, 0.29) is 22.0 Å². The highest BCUT2D eigenvalue weighted by Crippen LogP contribution is 2.28. The summed E-state index contributed by atoms with van der Waals surface area (Å²) < 4.78 is 51.5. The van der Waals surface area contributed by atoms with Crippen LogP contribution in [0.4, 0.5) is 17.6 Å². The molecule has 0 unspecified atom stereocenters. The number of thiazole rings is 1. The van der Waals surface area contributed by atoms with Crippen molar-refractivity contribution >= 4 is 23.5 Å². The van der Waals surface area contributed by atoms with Crippen molar-refractivity contribution in [3.05, 3.63) is 52.8 Å². The van der Waals surface area contributed by atoms with Crippen molar-refractivity contribution in [1.82, 2.24) is 15.6 Å². The normalized spacial score (nSPS) is 11.5. The smallest absolute Gasteiger partial charge is 0.275 e. The fraction of sp³-hybridized carbons (Fsp3) is 0.133. The molecule has 0 saturated carbocycles. The first-order valence-electron chi connectivity index (χ1n) is 6.85. The molecule has 0 aliphatic rings. The molecule has 0 aliphatic carbocycles. The van der Waals surface area contributed by atoms with Gasteiger partial charge >= 0.3 is 0 Å². The van der Waals surface area contributed by atoms with Crippen LogP contribution in [0.25, 0.3) is 10.6 Å². The van der Waals surface area contributed by atoms with Gasteiger partial charge in [-0.25, -0.2) is 22.5 Å². The van der Waals surface area contributed by atoms with E-state index < -0.39 is 30.5 Å². The summed E-state index contributed by atoms with van der Waals surface area (Å²) in [6, 6.07) is 3.36. The average Bonchev–Trinajstić information content (AvgIpc) is 3.03. The van der Waals surface area contributed by atoms with Gasteiger partial charge in [0.15, 0.2) is 0 Å². The zero-order valence-electron chi connectivity index (χ0n) is 12.5. The third kappa shape index (κ3) is 4.86. The van der Waals surface area contributed by atoms with E-state index in [1.807, 2.05) is 0 Å². The number of allylic oxidation sites excluding steroid dienone is 1. The molecular weight excluding hydrogens is 360 g/mol. The van der Waals surface area contributed by atoms with Gasteiger partial charge in [0, 0.05) is 17.8 Å². The van der Waals surface area contributed by atoms with Crippen LogP contribution < -0.4 is 10.6 Å². The number of nitrogens with one attached hydrogen (secondary N) is 3. The van der Waals surface area contributed by atoms with E-state index in [9.17, 15) is 22.4 Å². The van der Waals surface area contributed by atoms with Crippen LogP contribution in [0.1, 0.15) is 10.5 Å². The van der Waals surface area contributed by atoms with Crippen molar-refractivity contribution in [2.45, 2.75) is 6.43 Å². The molecule has 0 spiro atoms. The summed E-state index contributed by atoms with van der Waals surface area (Å²) in [7, 11) is 0. The molecule has 1 aromatic carbocycles. The molecule has 132 valence electrons. The van der Waals surface area contributed by atoms with Crippen molar-refractivity contribution in [3.63, 3.8) is 0 Å². The number of alkyl halides is 2. The number of hydrogen-bond acceptors (Lipinski definition) is 5. The van der Waals surface area contributed by atoms with E-state index in [2.05, 4.69) is 15.6 Å². The minimum atomic E-state index is -2.59. The lowest BCUT2D eigenvalue weighted by atomic mass is 10.2. The third-order valence-electron chi connectivity index (χ3n) is 2.86. The zero-order valence-corrected chi connectivity index (χ0v) is 13.3. The molecule has 1 amide bonds. The number of rotatable bonds is 7. The van der Waals surface area contributed by atoms with Gasteiger partial charge in [0.05, 0.1) is 17.8 Å². The summed E-state index contributed by atoms with van der Waals surface area (Å²) in [5, 5.41) is 12.9. The summed E-state index contributed by atoms with van der Waals surface area (Å²) in [6.45, 7) is -0.638. The van der Waals surface area contributed by atoms with E-state index in [4.69, 9.17) is 5.41 Å². The Morgan fingerprint density at radius 2 is 2.00 bits per heavy atom. The predicted molar refractivity (Wildman–Crippen MR) is 85.8 cm³/mol. The molecule has 2 aromatic rings. The highest BCUT2D eigenvalue weighted by atomic mass is 32.1. The van der Waals surface area contributed by atoms with Crippen molar-refractivity contribution in [1.29, 1.82) is 5.41 Å². The van der Waals surface area contributed by atoms with E-state index in [0.717, 1.165) is 35.9 Å². The number of aromatic nitrogens is 1. The Balaban J connectivity index is 2.13. The molecule has 2 rings (SSSR count).